The molecule has 9 heteroatoms. The van der Waals surface area contributed by atoms with E-state index in [2.05, 4.69) is 32.9 Å². The van der Waals surface area contributed by atoms with Crippen molar-refractivity contribution in [2.45, 2.75) is 30.1 Å². The molecule has 0 bridgehead atoms. The number of rotatable bonds is 7. The third kappa shape index (κ3) is 4.05. The third-order valence-electron chi connectivity index (χ3n) is 3.89. The second-order valence-electron chi connectivity index (χ2n) is 5.85. The third-order valence-corrected chi connectivity index (χ3v) is 6.15. The highest BCUT2D eigenvalue weighted by Gasteiger charge is 2.28. The first kappa shape index (κ1) is 17.4. The van der Waals surface area contributed by atoms with E-state index < -0.39 is 0 Å². The maximum absolute atomic E-state index is 12.0. The molecule has 134 valence electrons. The molecule has 1 N–H and O–H groups in total. The Bertz CT molecular complexity index is 907. The van der Waals surface area contributed by atoms with Crippen LogP contribution in [0.4, 0.5) is 5.13 Å². The highest BCUT2D eigenvalue weighted by molar-refractivity contribution is 7.80. The van der Waals surface area contributed by atoms with E-state index in [1.165, 1.54) is 29.0 Å². The van der Waals surface area contributed by atoms with Crippen molar-refractivity contribution in [2.24, 2.45) is 0 Å². The van der Waals surface area contributed by atoms with Crippen molar-refractivity contribution in [1.82, 2.24) is 15.0 Å². The van der Waals surface area contributed by atoms with Gasteiger partial charge in [0.2, 0.25) is 5.88 Å². The number of thiazole rings is 1. The molecular formula is C17H16N4O2S3. The van der Waals surface area contributed by atoms with Gasteiger partial charge in [-0.25, -0.2) is 15.0 Å². The van der Waals surface area contributed by atoms with Crippen LogP contribution < -0.4 is 10.1 Å². The van der Waals surface area contributed by atoms with Crippen LogP contribution in [0.1, 0.15) is 39.0 Å². The molecule has 3 aromatic heterocycles. The largest absolute Gasteiger partial charge is 0.476 e. The molecule has 26 heavy (non-hydrogen) atoms. The summed E-state index contributed by atoms with van der Waals surface area (Å²) in [5.74, 6) is 0.898. The average Bonchev–Trinajstić information content (AvgIpc) is 3.14. The van der Waals surface area contributed by atoms with E-state index in [1.807, 2.05) is 11.4 Å². The molecule has 3 aromatic rings. The number of anilines is 1. The Kier molecular flexibility index (Phi) is 5.18. The SMILES string of the molecule is O=C(Nc1ncc(CCOc2ncnc(C3CC3)c2S)s1)c1cccs1. The summed E-state index contributed by atoms with van der Waals surface area (Å²) in [4.78, 5) is 27.2. The minimum atomic E-state index is -0.134. The first-order valence-corrected chi connectivity index (χ1v) is 10.3. The van der Waals surface area contributed by atoms with E-state index in [4.69, 9.17) is 4.74 Å². The van der Waals surface area contributed by atoms with Gasteiger partial charge in [-0.15, -0.1) is 35.3 Å². The van der Waals surface area contributed by atoms with Gasteiger partial charge in [-0.1, -0.05) is 6.07 Å². The Balaban J connectivity index is 1.31. The van der Waals surface area contributed by atoms with Crippen molar-refractivity contribution < 1.29 is 9.53 Å². The van der Waals surface area contributed by atoms with Gasteiger partial charge in [0.1, 0.15) is 6.33 Å². The lowest BCUT2D eigenvalue weighted by molar-refractivity contribution is 0.103. The molecule has 0 unspecified atom stereocenters. The standard InChI is InChI=1S/C17H16N4O2S3/c22-15(12-2-1-7-25-12)21-17-18-8-11(26-17)5-6-23-16-14(24)13(10-3-4-10)19-9-20-16/h1-2,7-10,24H,3-6H2,(H,18,21,22). The van der Waals surface area contributed by atoms with E-state index in [0.717, 1.165) is 28.3 Å². The molecule has 0 atom stereocenters. The maximum Gasteiger partial charge on any atom is 0.267 e. The summed E-state index contributed by atoms with van der Waals surface area (Å²) in [7, 11) is 0. The number of nitrogens with one attached hydrogen (secondary N) is 1. The second kappa shape index (κ2) is 7.73. The molecule has 0 aromatic carbocycles. The molecule has 3 heterocycles. The van der Waals surface area contributed by atoms with Crippen molar-refractivity contribution in [3.05, 3.63) is 45.5 Å². The van der Waals surface area contributed by atoms with E-state index in [-0.39, 0.29) is 5.91 Å². The zero-order chi connectivity index (χ0) is 17.9. The highest BCUT2D eigenvalue weighted by Crippen LogP contribution is 2.43. The molecular weight excluding hydrogens is 388 g/mol. The number of thiophene rings is 1. The Morgan fingerprint density at radius 3 is 3.00 bits per heavy atom. The molecule has 0 saturated heterocycles. The number of nitrogens with zero attached hydrogens (tertiary/aromatic N) is 3. The Morgan fingerprint density at radius 2 is 2.23 bits per heavy atom. The Morgan fingerprint density at radius 1 is 1.35 bits per heavy atom. The normalized spacial score (nSPS) is 13.6. The number of hydrogen-bond donors (Lipinski definition) is 2. The summed E-state index contributed by atoms with van der Waals surface area (Å²) >= 11 is 7.36. The first-order valence-electron chi connectivity index (χ1n) is 8.17. The number of carbonyl (C=O) groups is 1. The average molecular weight is 405 g/mol. The Labute approximate surface area is 164 Å². The molecule has 0 spiro atoms. The van der Waals surface area contributed by atoms with Crippen LogP contribution in [-0.4, -0.2) is 27.5 Å². The van der Waals surface area contributed by atoms with Crippen molar-refractivity contribution in [3.63, 3.8) is 0 Å². The predicted molar refractivity (Wildman–Crippen MR) is 105 cm³/mol. The van der Waals surface area contributed by atoms with Gasteiger partial charge in [-0.05, 0) is 24.3 Å². The van der Waals surface area contributed by atoms with Crippen molar-refractivity contribution in [2.75, 3.05) is 11.9 Å². The van der Waals surface area contributed by atoms with Gasteiger partial charge in [0.05, 0.1) is 22.1 Å². The summed E-state index contributed by atoms with van der Waals surface area (Å²) < 4.78 is 5.77. The number of ether oxygens (including phenoxy) is 1. The van der Waals surface area contributed by atoms with Crippen LogP contribution in [0.3, 0.4) is 0 Å². The molecule has 1 fully saturated rings. The summed E-state index contributed by atoms with van der Waals surface area (Å²) in [6.45, 7) is 0.467. The molecule has 1 aliphatic rings. The van der Waals surface area contributed by atoms with Gasteiger partial charge in [0.25, 0.3) is 5.91 Å². The zero-order valence-electron chi connectivity index (χ0n) is 13.7. The van der Waals surface area contributed by atoms with Crippen molar-refractivity contribution in [1.29, 1.82) is 0 Å². The van der Waals surface area contributed by atoms with Crippen LogP contribution in [0, 0.1) is 0 Å². The molecule has 1 amide bonds. The van der Waals surface area contributed by atoms with Crippen molar-refractivity contribution in [3.8, 4) is 5.88 Å². The van der Waals surface area contributed by atoms with Gasteiger partial charge in [0.15, 0.2) is 5.13 Å². The summed E-state index contributed by atoms with van der Waals surface area (Å²) in [6.07, 6.45) is 6.29. The van der Waals surface area contributed by atoms with E-state index >= 15 is 0 Å². The quantitative estimate of drug-likeness (QED) is 0.581. The molecule has 0 radical (unpaired) electrons. The number of thiol groups is 1. The van der Waals surface area contributed by atoms with Crippen LogP contribution in [0.15, 0.2) is 34.9 Å². The van der Waals surface area contributed by atoms with Gasteiger partial charge < -0.3 is 4.74 Å². The number of carbonyl (C=O) groups excluding carboxylic acids is 1. The van der Waals surface area contributed by atoms with E-state index in [0.29, 0.717) is 34.8 Å². The fourth-order valence-corrected chi connectivity index (χ4v) is 4.20. The second-order valence-corrected chi connectivity index (χ2v) is 8.36. The predicted octanol–water partition coefficient (Wildman–Crippen LogP) is 4.03. The Hall–Kier alpha value is -1.97. The van der Waals surface area contributed by atoms with Crippen LogP contribution in [-0.2, 0) is 6.42 Å². The van der Waals surface area contributed by atoms with E-state index in [9.17, 15) is 4.79 Å². The molecule has 4 rings (SSSR count). The van der Waals surface area contributed by atoms with Crippen LogP contribution in [0.2, 0.25) is 0 Å². The highest BCUT2D eigenvalue weighted by atomic mass is 32.1. The van der Waals surface area contributed by atoms with Crippen LogP contribution in [0.5, 0.6) is 5.88 Å². The fourth-order valence-electron chi connectivity index (χ4n) is 2.43. The summed E-state index contributed by atoms with van der Waals surface area (Å²) in [5, 5.41) is 5.28. The lowest BCUT2D eigenvalue weighted by Crippen LogP contribution is -2.09. The molecule has 0 aliphatic heterocycles. The molecule has 1 saturated carbocycles. The molecule has 6 nitrogen and oxygen atoms in total. The first-order chi connectivity index (χ1) is 12.7. The van der Waals surface area contributed by atoms with Gasteiger partial charge in [-0.2, -0.15) is 0 Å². The number of aromatic nitrogens is 3. The van der Waals surface area contributed by atoms with Crippen LogP contribution >= 0.6 is 35.3 Å². The molecule has 1 aliphatic carbocycles. The minimum absolute atomic E-state index is 0.134. The smallest absolute Gasteiger partial charge is 0.267 e. The number of hydrogen-bond acceptors (Lipinski definition) is 8. The lowest BCUT2D eigenvalue weighted by Gasteiger charge is -2.09. The van der Waals surface area contributed by atoms with Gasteiger partial charge in [-0.3, -0.25) is 10.1 Å². The zero-order valence-corrected chi connectivity index (χ0v) is 16.2. The minimum Gasteiger partial charge on any atom is -0.476 e. The van der Waals surface area contributed by atoms with Crippen LogP contribution in [0.25, 0.3) is 0 Å². The van der Waals surface area contributed by atoms with E-state index in [1.54, 1.807) is 12.3 Å². The maximum atomic E-state index is 12.0. The fraction of sp³-hybridized carbons (Fsp3) is 0.294. The van der Waals surface area contributed by atoms with Gasteiger partial charge in [0, 0.05) is 23.4 Å². The topological polar surface area (TPSA) is 77.0 Å². The van der Waals surface area contributed by atoms with Gasteiger partial charge >= 0.3 is 0 Å². The summed E-state index contributed by atoms with van der Waals surface area (Å²) in [6, 6.07) is 3.64. The summed E-state index contributed by atoms with van der Waals surface area (Å²) in [5.41, 5.74) is 0.981. The monoisotopic (exact) mass is 404 g/mol. The van der Waals surface area contributed by atoms with Crippen molar-refractivity contribution >= 4 is 46.3 Å². The number of amides is 1. The lowest BCUT2D eigenvalue weighted by atomic mass is 10.3.